The summed E-state index contributed by atoms with van der Waals surface area (Å²) in [5.41, 5.74) is 3.77. The van der Waals surface area contributed by atoms with Gasteiger partial charge in [-0.3, -0.25) is 9.59 Å². The molecule has 0 radical (unpaired) electrons. The number of thiazole rings is 2. The highest BCUT2D eigenvalue weighted by Crippen LogP contribution is 2.30. The molecule has 2 aromatic heterocycles. The fraction of sp³-hybridized carbons (Fsp3) is 0.154. The van der Waals surface area contributed by atoms with Crippen LogP contribution in [0.1, 0.15) is 21.1 Å². The molecule has 0 bridgehead atoms. The van der Waals surface area contributed by atoms with Crippen LogP contribution >= 0.6 is 22.7 Å². The molecular weight excluding hydrogens is 464 g/mol. The Hall–Kier alpha value is -3.62. The first-order valence-corrected chi connectivity index (χ1v) is 12.6. The van der Waals surface area contributed by atoms with Crippen molar-refractivity contribution in [3.05, 3.63) is 93.9 Å². The van der Waals surface area contributed by atoms with Crippen LogP contribution in [0.5, 0.6) is 0 Å². The first-order chi connectivity index (χ1) is 16.6. The normalized spacial score (nSPS) is 11.1. The van der Waals surface area contributed by atoms with E-state index in [1.165, 1.54) is 0 Å². The van der Waals surface area contributed by atoms with Gasteiger partial charge in [0.05, 0.1) is 46.4 Å². The highest BCUT2D eigenvalue weighted by Gasteiger charge is 2.12. The Kier molecular flexibility index (Phi) is 6.60. The van der Waals surface area contributed by atoms with Crippen LogP contribution in [0, 0.1) is 0 Å². The van der Waals surface area contributed by atoms with Crippen molar-refractivity contribution < 1.29 is 9.59 Å². The van der Waals surface area contributed by atoms with Crippen molar-refractivity contribution in [2.24, 2.45) is 0 Å². The van der Waals surface area contributed by atoms with Gasteiger partial charge in [0.15, 0.2) is 0 Å². The summed E-state index contributed by atoms with van der Waals surface area (Å²) >= 11 is 3.12. The summed E-state index contributed by atoms with van der Waals surface area (Å²) in [6.07, 6.45) is 0.714. The standard InChI is InChI=1S/C26H22N4O2S2/c31-23(11-17-7-3-1-4-8-17)27-15-25-29-19-13-22-20(14-21(19)33-25)30-26(34-22)16-28-24(32)12-18-9-5-2-6-10-18/h1-10,13-14H,11-12,15-16H2,(H,27,31)(H,28,32). The second-order valence-electron chi connectivity index (χ2n) is 7.88. The van der Waals surface area contributed by atoms with E-state index in [9.17, 15) is 9.59 Å². The topological polar surface area (TPSA) is 84.0 Å². The molecule has 2 heterocycles. The van der Waals surface area contributed by atoms with Crippen LogP contribution in [-0.2, 0) is 35.5 Å². The summed E-state index contributed by atoms with van der Waals surface area (Å²) in [6.45, 7) is 0.815. The molecular formula is C26H22N4O2S2. The predicted octanol–water partition coefficient (Wildman–Crippen LogP) is 4.62. The minimum Gasteiger partial charge on any atom is -0.349 e. The van der Waals surface area contributed by atoms with E-state index >= 15 is 0 Å². The number of amides is 2. The molecule has 0 aliphatic rings. The van der Waals surface area contributed by atoms with Crippen molar-refractivity contribution in [3.8, 4) is 0 Å². The molecule has 0 saturated carbocycles. The summed E-state index contributed by atoms with van der Waals surface area (Å²) in [6, 6.07) is 23.4. The Balaban J connectivity index is 1.19. The Morgan fingerprint density at radius 3 is 1.47 bits per heavy atom. The van der Waals surface area contributed by atoms with Gasteiger partial charge in [0, 0.05) is 0 Å². The third-order valence-electron chi connectivity index (χ3n) is 5.27. The maximum Gasteiger partial charge on any atom is 0.224 e. The van der Waals surface area contributed by atoms with Gasteiger partial charge in [-0.2, -0.15) is 0 Å². The van der Waals surface area contributed by atoms with Gasteiger partial charge in [0.2, 0.25) is 11.8 Å². The SMILES string of the molecule is O=C(Cc1ccccc1)NCc1nc2cc3sc(CNC(=O)Cc4ccccc4)nc3cc2s1. The molecule has 0 aliphatic carbocycles. The number of fused-ring (bicyclic) bond motifs is 2. The summed E-state index contributed by atoms with van der Waals surface area (Å²) < 4.78 is 2.06. The third-order valence-corrected chi connectivity index (χ3v) is 7.31. The fourth-order valence-electron chi connectivity index (χ4n) is 3.63. The number of nitrogens with zero attached hydrogens (tertiary/aromatic N) is 2. The predicted molar refractivity (Wildman–Crippen MR) is 137 cm³/mol. The Morgan fingerprint density at radius 2 is 1.06 bits per heavy atom. The van der Waals surface area contributed by atoms with Crippen LogP contribution in [0.2, 0.25) is 0 Å². The van der Waals surface area contributed by atoms with E-state index in [1.807, 2.05) is 72.8 Å². The number of carbonyl (C=O) groups is 2. The van der Waals surface area contributed by atoms with Crippen molar-refractivity contribution in [1.82, 2.24) is 20.6 Å². The molecule has 170 valence electrons. The molecule has 5 rings (SSSR count). The minimum atomic E-state index is -0.0212. The van der Waals surface area contributed by atoms with Gasteiger partial charge in [-0.25, -0.2) is 9.97 Å². The molecule has 34 heavy (non-hydrogen) atoms. The monoisotopic (exact) mass is 486 g/mol. The lowest BCUT2D eigenvalue weighted by atomic mass is 10.1. The van der Waals surface area contributed by atoms with Gasteiger partial charge in [0.25, 0.3) is 0 Å². The average molecular weight is 487 g/mol. The van der Waals surface area contributed by atoms with Crippen LogP contribution in [0.4, 0.5) is 0 Å². The number of rotatable bonds is 8. The highest BCUT2D eigenvalue weighted by atomic mass is 32.1. The first kappa shape index (κ1) is 22.2. The van der Waals surface area contributed by atoms with Gasteiger partial charge in [-0.15, -0.1) is 22.7 Å². The van der Waals surface area contributed by atoms with Crippen LogP contribution in [0.25, 0.3) is 20.4 Å². The molecule has 0 saturated heterocycles. The van der Waals surface area contributed by atoms with E-state index in [1.54, 1.807) is 22.7 Å². The molecule has 6 nitrogen and oxygen atoms in total. The molecule has 0 fully saturated rings. The molecule has 3 aromatic carbocycles. The summed E-state index contributed by atoms with van der Waals surface area (Å²) in [4.78, 5) is 33.8. The second kappa shape index (κ2) is 10.1. The van der Waals surface area contributed by atoms with Crippen molar-refractivity contribution >= 4 is 54.9 Å². The maximum absolute atomic E-state index is 12.2. The molecule has 0 atom stereocenters. The lowest BCUT2D eigenvalue weighted by Crippen LogP contribution is -2.24. The van der Waals surface area contributed by atoms with Crippen molar-refractivity contribution in [3.63, 3.8) is 0 Å². The zero-order chi connectivity index (χ0) is 23.3. The first-order valence-electron chi connectivity index (χ1n) is 10.9. The maximum atomic E-state index is 12.2. The van der Waals surface area contributed by atoms with Crippen LogP contribution in [-0.4, -0.2) is 21.8 Å². The van der Waals surface area contributed by atoms with E-state index in [0.717, 1.165) is 41.6 Å². The van der Waals surface area contributed by atoms with E-state index < -0.39 is 0 Å². The average Bonchev–Trinajstić information content (AvgIpc) is 3.43. The number of hydrogen-bond acceptors (Lipinski definition) is 6. The van der Waals surface area contributed by atoms with Gasteiger partial charge >= 0.3 is 0 Å². The smallest absolute Gasteiger partial charge is 0.224 e. The molecule has 0 aliphatic heterocycles. The van der Waals surface area contributed by atoms with E-state index in [4.69, 9.17) is 0 Å². The third kappa shape index (κ3) is 5.47. The fourth-order valence-corrected chi connectivity index (χ4v) is 5.48. The van der Waals surface area contributed by atoms with E-state index in [2.05, 4.69) is 20.6 Å². The zero-order valence-corrected chi connectivity index (χ0v) is 19.9. The lowest BCUT2D eigenvalue weighted by Gasteiger charge is -2.03. The van der Waals surface area contributed by atoms with E-state index in [0.29, 0.717) is 25.9 Å². The molecule has 5 aromatic rings. The largest absolute Gasteiger partial charge is 0.349 e. The quantitative estimate of drug-likeness (QED) is 0.335. The molecule has 8 heteroatoms. The van der Waals surface area contributed by atoms with Crippen molar-refractivity contribution in [1.29, 1.82) is 0 Å². The summed E-state index contributed by atoms with van der Waals surface area (Å²) in [5, 5.41) is 7.63. The second-order valence-corrected chi connectivity index (χ2v) is 10.1. The number of aromatic nitrogens is 2. The molecule has 0 unspecified atom stereocenters. The highest BCUT2D eigenvalue weighted by molar-refractivity contribution is 7.20. The van der Waals surface area contributed by atoms with Crippen LogP contribution < -0.4 is 10.6 Å². The van der Waals surface area contributed by atoms with Crippen LogP contribution in [0.3, 0.4) is 0 Å². The number of carbonyl (C=O) groups excluding carboxylic acids is 2. The van der Waals surface area contributed by atoms with Crippen molar-refractivity contribution in [2.45, 2.75) is 25.9 Å². The molecule has 0 spiro atoms. The number of hydrogen-bond donors (Lipinski definition) is 2. The number of benzene rings is 3. The molecule has 2 amide bonds. The van der Waals surface area contributed by atoms with Crippen LogP contribution in [0.15, 0.2) is 72.8 Å². The Labute approximate surface area is 204 Å². The van der Waals surface area contributed by atoms with Crippen molar-refractivity contribution in [2.75, 3.05) is 0 Å². The molecule has 2 N–H and O–H groups in total. The summed E-state index contributed by atoms with van der Waals surface area (Å²) in [5.74, 6) is -0.0425. The Morgan fingerprint density at radius 1 is 0.647 bits per heavy atom. The summed E-state index contributed by atoms with van der Waals surface area (Å²) in [7, 11) is 0. The van der Waals surface area contributed by atoms with E-state index in [-0.39, 0.29) is 11.8 Å². The number of nitrogens with one attached hydrogen (secondary N) is 2. The lowest BCUT2D eigenvalue weighted by molar-refractivity contribution is -0.121. The minimum absolute atomic E-state index is 0.0212. The zero-order valence-electron chi connectivity index (χ0n) is 18.3. The van der Waals surface area contributed by atoms with Gasteiger partial charge < -0.3 is 10.6 Å². The Bertz CT molecular complexity index is 1290. The van der Waals surface area contributed by atoms with Gasteiger partial charge in [0.1, 0.15) is 10.0 Å². The van der Waals surface area contributed by atoms with Gasteiger partial charge in [-0.05, 0) is 23.3 Å². The van der Waals surface area contributed by atoms with Gasteiger partial charge in [-0.1, -0.05) is 60.7 Å².